The molecule has 0 unspecified atom stereocenters. The van der Waals surface area contributed by atoms with Crippen LogP contribution < -0.4 is 15.9 Å². The van der Waals surface area contributed by atoms with E-state index in [0.29, 0.717) is 34.8 Å². The fraction of sp³-hybridized carbons (Fsp3) is 0.263. The number of para-hydroxylation sites is 2. The lowest BCUT2D eigenvalue weighted by Crippen LogP contribution is -2.36. The van der Waals surface area contributed by atoms with Gasteiger partial charge in [0, 0.05) is 36.4 Å². The first-order valence-corrected chi connectivity index (χ1v) is 9.82. The molecule has 0 spiro atoms. The van der Waals surface area contributed by atoms with E-state index in [9.17, 15) is 14.7 Å². The smallest absolute Gasteiger partial charge is 0.344 e. The molecule has 1 aromatic carbocycles. The van der Waals surface area contributed by atoms with Gasteiger partial charge in [0.2, 0.25) is 0 Å². The SMILES string of the molecule is O=C(Nc1ccccc1N1CCC(O)CC1)c1csc(-c2cnc(=O)[nH]c2)n1. The lowest BCUT2D eigenvalue weighted by atomic mass is 10.1. The van der Waals surface area contributed by atoms with E-state index in [4.69, 9.17) is 0 Å². The molecule has 8 nitrogen and oxygen atoms in total. The van der Waals surface area contributed by atoms with Crippen molar-refractivity contribution in [3.63, 3.8) is 0 Å². The number of nitrogens with zero attached hydrogens (tertiary/aromatic N) is 3. The molecule has 1 aliphatic rings. The number of rotatable bonds is 4. The van der Waals surface area contributed by atoms with Crippen molar-refractivity contribution in [2.45, 2.75) is 18.9 Å². The first kappa shape index (κ1) is 18.3. The van der Waals surface area contributed by atoms with Gasteiger partial charge in [0.25, 0.3) is 5.91 Å². The number of hydrogen-bond acceptors (Lipinski definition) is 7. The zero-order chi connectivity index (χ0) is 19.5. The van der Waals surface area contributed by atoms with Crippen molar-refractivity contribution in [1.82, 2.24) is 15.0 Å². The molecule has 0 atom stereocenters. The monoisotopic (exact) mass is 397 g/mol. The highest BCUT2D eigenvalue weighted by atomic mass is 32.1. The Labute approximate surface area is 164 Å². The normalized spacial score (nSPS) is 14.8. The maximum Gasteiger partial charge on any atom is 0.344 e. The topological polar surface area (TPSA) is 111 Å². The average molecular weight is 397 g/mol. The summed E-state index contributed by atoms with van der Waals surface area (Å²) in [6.07, 6.45) is 4.12. The molecule has 2 aromatic heterocycles. The van der Waals surface area contributed by atoms with Crippen LogP contribution in [0.2, 0.25) is 0 Å². The number of nitrogens with one attached hydrogen (secondary N) is 2. The van der Waals surface area contributed by atoms with Gasteiger partial charge in [-0.25, -0.2) is 14.8 Å². The summed E-state index contributed by atoms with van der Waals surface area (Å²) >= 11 is 1.31. The largest absolute Gasteiger partial charge is 0.393 e. The van der Waals surface area contributed by atoms with Gasteiger partial charge in [0.15, 0.2) is 0 Å². The lowest BCUT2D eigenvalue weighted by molar-refractivity contribution is 0.102. The molecular weight excluding hydrogens is 378 g/mol. The maximum absolute atomic E-state index is 12.7. The predicted molar refractivity (Wildman–Crippen MR) is 108 cm³/mol. The van der Waals surface area contributed by atoms with Crippen molar-refractivity contribution < 1.29 is 9.90 Å². The van der Waals surface area contributed by atoms with E-state index in [1.807, 2.05) is 24.3 Å². The van der Waals surface area contributed by atoms with Crippen molar-refractivity contribution >= 4 is 28.6 Å². The molecule has 1 fully saturated rings. The molecule has 3 heterocycles. The van der Waals surface area contributed by atoms with Gasteiger partial charge in [-0.3, -0.25) is 4.79 Å². The standard InChI is InChI=1S/C19H19N5O3S/c25-13-5-7-24(8-6-13)16-4-2-1-3-14(16)22-17(26)15-11-28-18(23-15)12-9-20-19(27)21-10-12/h1-4,9-11,13,25H,5-8H2,(H,22,26)(H,20,21,27). The van der Waals surface area contributed by atoms with E-state index in [1.54, 1.807) is 5.38 Å². The van der Waals surface area contributed by atoms with E-state index >= 15 is 0 Å². The molecule has 1 saturated heterocycles. The van der Waals surface area contributed by atoms with Gasteiger partial charge in [0.05, 0.1) is 17.5 Å². The van der Waals surface area contributed by atoms with Gasteiger partial charge >= 0.3 is 5.69 Å². The second-order valence-corrected chi connectivity index (χ2v) is 7.39. The van der Waals surface area contributed by atoms with Crippen molar-refractivity contribution in [3.05, 3.63) is 58.2 Å². The van der Waals surface area contributed by atoms with Crippen molar-refractivity contribution in [2.75, 3.05) is 23.3 Å². The first-order valence-electron chi connectivity index (χ1n) is 8.94. The van der Waals surface area contributed by atoms with Crippen LogP contribution in [-0.2, 0) is 0 Å². The van der Waals surface area contributed by atoms with Crippen LogP contribution in [0.25, 0.3) is 10.6 Å². The molecule has 3 N–H and O–H groups in total. The van der Waals surface area contributed by atoms with Gasteiger partial charge < -0.3 is 20.3 Å². The highest BCUT2D eigenvalue weighted by molar-refractivity contribution is 7.13. The number of aliphatic hydroxyl groups is 1. The number of aromatic nitrogens is 3. The summed E-state index contributed by atoms with van der Waals surface area (Å²) in [4.78, 5) is 36.5. The van der Waals surface area contributed by atoms with Crippen molar-refractivity contribution in [3.8, 4) is 10.6 Å². The molecule has 4 rings (SSSR count). The fourth-order valence-corrected chi connectivity index (χ4v) is 3.90. The molecule has 0 bridgehead atoms. The van der Waals surface area contributed by atoms with E-state index in [1.165, 1.54) is 23.7 Å². The highest BCUT2D eigenvalue weighted by Crippen LogP contribution is 2.29. The Hall–Kier alpha value is -3.04. The van der Waals surface area contributed by atoms with Gasteiger partial charge in [-0.15, -0.1) is 11.3 Å². The highest BCUT2D eigenvalue weighted by Gasteiger charge is 2.20. The number of H-pyrrole nitrogens is 1. The molecule has 1 amide bonds. The van der Waals surface area contributed by atoms with Gasteiger partial charge in [-0.1, -0.05) is 12.1 Å². The minimum absolute atomic E-state index is 0.256. The zero-order valence-corrected chi connectivity index (χ0v) is 15.8. The number of piperidine rings is 1. The van der Waals surface area contributed by atoms with Crippen LogP contribution in [0.4, 0.5) is 11.4 Å². The lowest BCUT2D eigenvalue weighted by Gasteiger charge is -2.32. The van der Waals surface area contributed by atoms with Crippen LogP contribution in [-0.4, -0.2) is 45.2 Å². The van der Waals surface area contributed by atoms with E-state index in [2.05, 4.69) is 25.2 Å². The number of thiazole rings is 1. The summed E-state index contributed by atoms with van der Waals surface area (Å²) in [6.45, 7) is 1.49. The Morgan fingerprint density at radius 1 is 1.29 bits per heavy atom. The molecule has 144 valence electrons. The summed E-state index contributed by atoms with van der Waals surface area (Å²) in [7, 11) is 0. The molecule has 0 aliphatic carbocycles. The van der Waals surface area contributed by atoms with E-state index < -0.39 is 5.69 Å². The second kappa shape index (κ2) is 7.91. The van der Waals surface area contributed by atoms with Gasteiger partial charge in [-0.05, 0) is 25.0 Å². The third-order valence-corrected chi connectivity index (χ3v) is 5.50. The Morgan fingerprint density at radius 2 is 2.07 bits per heavy atom. The Morgan fingerprint density at radius 3 is 2.82 bits per heavy atom. The molecular formula is C19H19N5O3S. The molecule has 0 radical (unpaired) electrons. The number of anilines is 2. The van der Waals surface area contributed by atoms with Gasteiger partial charge in [0.1, 0.15) is 10.7 Å². The molecule has 9 heteroatoms. The molecule has 1 aliphatic heterocycles. The van der Waals surface area contributed by atoms with Crippen molar-refractivity contribution in [1.29, 1.82) is 0 Å². The minimum atomic E-state index is -0.430. The minimum Gasteiger partial charge on any atom is -0.393 e. The fourth-order valence-electron chi connectivity index (χ4n) is 3.12. The molecule has 0 saturated carbocycles. The number of carbonyl (C=O) groups excluding carboxylic acids is 1. The maximum atomic E-state index is 12.7. The average Bonchev–Trinajstić information content (AvgIpc) is 3.20. The zero-order valence-electron chi connectivity index (χ0n) is 15.0. The van der Waals surface area contributed by atoms with E-state index in [0.717, 1.165) is 18.8 Å². The van der Waals surface area contributed by atoms with Crippen LogP contribution in [0.3, 0.4) is 0 Å². The summed E-state index contributed by atoms with van der Waals surface area (Å²) in [5.74, 6) is -0.302. The Balaban J connectivity index is 1.51. The van der Waals surface area contributed by atoms with Crippen LogP contribution in [0.15, 0.2) is 46.8 Å². The number of aromatic amines is 1. The Bertz CT molecular complexity index is 1020. The summed E-state index contributed by atoms with van der Waals surface area (Å²) in [6, 6.07) is 7.62. The third kappa shape index (κ3) is 3.95. The van der Waals surface area contributed by atoms with E-state index in [-0.39, 0.29) is 12.0 Å². The number of benzene rings is 1. The quantitative estimate of drug-likeness (QED) is 0.622. The number of carbonyl (C=O) groups is 1. The van der Waals surface area contributed by atoms with Crippen LogP contribution in [0.5, 0.6) is 0 Å². The summed E-state index contributed by atoms with van der Waals surface area (Å²) in [5, 5.41) is 14.9. The summed E-state index contributed by atoms with van der Waals surface area (Å²) in [5.41, 5.74) is 2.17. The molecule has 28 heavy (non-hydrogen) atoms. The summed E-state index contributed by atoms with van der Waals surface area (Å²) < 4.78 is 0. The Kier molecular flexibility index (Phi) is 5.18. The predicted octanol–water partition coefficient (Wildman–Crippen LogP) is 2.11. The van der Waals surface area contributed by atoms with Crippen LogP contribution in [0.1, 0.15) is 23.3 Å². The van der Waals surface area contributed by atoms with Crippen LogP contribution in [0, 0.1) is 0 Å². The molecule has 3 aromatic rings. The van der Waals surface area contributed by atoms with Gasteiger partial charge in [-0.2, -0.15) is 0 Å². The number of aliphatic hydroxyl groups excluding tert-OH is 1. The van der Waals surface area contributed by atoms with Crippen LogP contribution >= 0.6 is 11.3 Å². The third-order valence-electron chi connectivity index (χ3n) is 4.61. The van der Waals surface area contributed by atoms with Crippen molar-refractivity contribution in [2.24, 2.45) is 0 Å². The number of hydrogen-bond donors (Lipinski definition) is 3. The number of amides is 1. The second-order valence-electron chi connectivity index (χ2n) is 6.53. The first-order chi connectivity index (χ1) is 13.6.